The number of hydrogen-bond acceptors (Lipinski definition) is 5. The van der Waals surface area contributed by atoms with E-state index in [4.69, 9.17) is 26.0 Å². The van der Waals surface area contributed by atoms with Gasteiger partial charge < -0.3 is 19.4 Å². The van der Waals surface area contributed by atoms with Crippen LogP contribution in [-0.4, -0.2) is 36.2 Å². The molecule has 0 bridgehead atoms. The van der Waals surface area contributed by atoms with E-state index in [1.807, 2.05) is 6.07 Å². The van der Waals surface area contributed by atoms with Crippen molar-refractivity contribution in [3.8, 4) is 11.5 Å². The zero-order valence-corrected chi connectivity index (χ0v) is 18.8. The van der Waals surface area contributed by atoms with E-state index in [-0.39, 0.29) is 0 Å². The number of ether oxygens (including phenoxy) is 1. The summed E-state index contributed by atoms with van der Waals surface area (Å²) in [7, 11) is 0. The second kappa shape index (κ2) is 8.60. The van der Waals surface area contributed by atoms with Crippen molar-refractivity contribution in [2.24, 2.45) is 5.92 Å². The van der Waals surface area contributed by atoms with Crippen LogP contribution in [-0.2, 0) is 17.6 Å². The number of halogens is 1. The highest BCUT2D eigenvalue weighted by atomic mass is 35.5. The monoisotopic (exact) mass is 453 g/mol. The third-order valence-corrected chi connectivity index (χ3v) is 7.46. The molecule has 1 unspecified atom stereocenters. The number of rotatable bonds is 5. The maximum Gasteiger partial charge on any atom is 0.196 e. The van der Waals surface area contributed by atoms with Crippen molar-refractivity contribution in [3.05, 3.63) is 58.2 Å². The summed E-state index contributed by atoms with van der Waals surface area (Å²) in [5.41, 5.74) is 7.74. The third kappa shape index (κ3) is 3.86. The Hall–Kier alpha value is -2.25. The molecule has 0 radical (unpaired) electrons. The molecule has 1 fully saturated rings. The molecule has 3 aliphatic rings. The van der Waals surface area contributed by atoms with Crippen LogP contribution in [0.2, 0.25) is 5.02 Å². The van der Waals surface area contributed by atoms with Crippen LogP contribution >= 0.6 is 11.6 Å². The molecule has 0 spiro atoms. The SMILES string of the molecule is Clc1ccc2[nH]cc(CCC3c4cc5c(cc4CCN3CC3CCOCC3)ONO5)c2c1. The van der Waals surface area contributed by atoms with Crippen LogP contribution in [0.1, 0.15) is 42.0 Å². The first kappa shape index (κ1) is 20.4. The van der Waals surface area contributed by atoms with Crippen LogP contribution in [0.4, 0.5) is 0 Å². The van der Waals surface area contributed by atoms with Crippen LogP contribution in [0.15, 0.2) is 36.5 Å². The number of benzene rings is 2. The lowest BCUT2D eigenvalue weighted by molar-refractivity contribution is 0.0259. The molecule has 3 aromatic rings. The molecule has 2 N–H and O–H groups in total. The van der Waals surface area contributed by atoms with Gasteiger partial charge in [0.05, 0.1) is 0 Å². The highest BCUT2D eigenvalue weighted by Gasteiger charge is 2.32. The van der Waals surface area contributed by atoms with Gasteiger partial charge in [-0.15, -0.1) is 0 Å². The Morgan fingerprint density at radius 2 is 1.91 bits per heavy atom. The Morgan fingerprint density at radius 1 is 1.06 bits per heavy atom. The molecular weight excluding hydrogens is 426 g/mol. The quantitative estimate of drug-likeness (QED) is 0.571. The minimum absolute atomic E-state index is 0.347. The lowest BCUT2D eigenvalue weighted by Gasteiger charge is -2.40. The predicted molar refractivity (Wildman–Crippen MR) is 124 cm³/mol. The van der Waals surface area contributed by atoms with Gasteiger partial charge in [-0.25, -0.2) is 0 Å². The van der Waals surface area contributed by atoms with E-state index in [0.717, 1.165) is 80.4 Å². The first-order chi connectivity index (χ1) is 15.7. The first-order valence-electron chi connectivity index (χ1n) is 11.6. The smallest absolute Gasteiger partial charge is 0.196 e. The number of nitrogens with zero attached hydrogens (tertiary/aromatic N) is 1. The molecule has 0 aliphatic carbocycles. The van der Waals surface area contributed by atoms with Crippen LogP contribution in [0.25, 0.3) is 10.9 Å². The Labute approximate surface area is 192 Å². The molecule has 168 valence electrons. The van der Waals surface area contributed by atoms with E-state index in [1.165, 1.54) is 22.1 Å². The zero-order valence-electron chi connectivity index (χ0n) is 18.0. The van der Waals surface area contributed by atoms with Gasteiger partial charge in [0.1, 0.15) is 0 Å². The molecule has 1 atom stereocenters. The van der Waals surface area contributed by atoms with Crippen LogP contribution in [0.3, 0.4) is 0 Å². The lowest BCUT2D eigenvalue weighted by Crippen LogP contribution is -2.40. The molecule has 0 saturated carbocycles. The van der Waals surface area contributed by atoms with Gasteiger partial charge in [0, 0.05) is 60.1 Å². The van der Waals surface area contributed by atoms with Gasteiger partial charge in [0.15, 0.2) is 11.5 Å². The van der Waals surface area contributed by atoms with Crippen LogP contribution < -0.4 is 15.3 Å². The fourth-order valence-electron chi connectivity index (χ4n) is 5.50. The number of fused-ring (bicyclic) bond motifs is 3. The van der Waals surface area contributed by atoms with Crippen molar-refractivity contribution in [2.75, 3.05) is 26.3 Å². The van der Waals surface area contributed by atoms with Crippen molar-refractivity contribution in [1.82, 2.24) is 15.5 Å². The van der Waals surface area contributed by atoms with Crippen LogP contribution in [0.5, 0.6) is 11.5 Å². The van der Waals surface area contributed by atoms with E-state index in [2.05, 4.69) is 46.0 Å². The van der Waals surface area contributed by atoms with E-state index in [9.17, 15) is 0 Å². The van der Waals surface area contributed by atoms with Gasteiger partial charge in [-0.05, 0) is 85.0 Å². The van der Waals surface area contributed by atoms with Crippen molar-refractivity contribution < 1.29 is 14.4 Å². The summed E-state index contributed by atoms with van der Waals surface area (Å²) in [4.78, 5) is 17.0. The van der Waals surface area contributed by atoms with Gasteiger partial charge in [-0.1, -0.05) is 11.6 Å². The Balaban J connectivity index is 1.29. The summed E-state index contributed by atoms with van der Waals surface area (Å²) in [5, 5.41) is 2.00. The fraction of sp³-hybridized carbons (Fsp3) is 0.440. The van der Waals surface area contributed by atoms with Gasteiger partial charge in [0.25, 0.3) is 0 Å². The number of aryl methyl sites for hydroxylation is 1. The lowest BCUT2D eigenvalue weighted by atomic mass is 9.87. The second-order valence-corrected chi connectivity index (χ2v) is 9.58. The highest BCUT2D eigenvalue weighted by molar-refractivity contribution is 6.31. The summed E-state index contributed by atoms with van der Waals surface area (Å²) in [5.74, 6) is 2.27. The van der Waals surface area contributed by atoms with Gasteiger partial charge in [0.2, 0.25) is 0 Å². The van der Waals surface area contributed by atoms with Gasteiger partial charge in [-0.2, -0.15) is 0 Å². The largest absolute Gasteiger partial charge is 0.381 e. The number of H-pyrrole nitrogens is 1. The number of aromatic nitrogens is 1. The molecule has 3 aliphatic heterocycles. The number of hydrogen-bond donors (Lipinski definition) is 2. The maximum atomic E-state index is 6.29. The average molecular weight is 454 g/mol. The molecule has 6 nitrogen and oxygen atoms in total. The summed E-state index contributed by atoms with van der Waals surface area (Å²) in [6, 6.07) is 10.7. The molecule has 1 saturated heterocycles. The first-order valence-corrected chi connectivity index (χ1v) is 12.0. The van der Waals surface area contributed by atoms with Crippen molar-refractivity contribution >= 4 is 22.5 Å². The van der Waals surface area contributed by atoms with Crippen molar-refractivity contribution in [1.29, 1.82) is 0 Å². The van der Waals surface area contributed by atoms with Crippen molar-refractivity contribution in [3.63, 3.8) is 0 Å². The minimum atomic E-state index is 0.347. The summed E-state index contributed by atoms with van der Waals surface area (Å²) >= 11 is 6.29. The normalized spacial score (nSPS) is 21.2. The summed E-state index contributed by atoms with van der Waals surface area (Å²) in [6.07, 6.45) is 7.51. The standard InChI is InChI=1S/C25H28ClN3O3/c26-19-2-3-22-20(12-19)18(14-27-22)1-4-23-21-13-25-24(31-28-32-25)11-17(21)5-8-29(23)15-16-6-9-30-10-7-16/h2-3,11-14,16,23,27-28H,1,4-10,15H2. The van der Waals surface area contributed by atoms with E-state index >= 15 is 0 Å². The molecule has 4 heterocycles. The third-order valence-electron chi connectivity index (χ3n) is 7.23. The van der Waals surface area contributed by atoms with Crippen LogP contribution in [0, 0.1) is 5.92 Å². The molecule has 32 heavy (non-hydrogen) atoms. The van der Waals surface area contributed by atoms with E-state index < -0.39 is 0 Å². The average Bonchev–Trinajstić information content (AvgIpc) is 3.44. The fourth-order valence-corrected chi connectivity index (χ4v) is 5.67. The summed E-state index contributed by atoms with van der Waals surface area (Å²) in [6.45, 7) is 3.97. The Bertz CT molecular complexity index is 1130. The molecule has 2 aromatic carbocycles. The van der Waals surface area contributed by atoms with Gasteiger partial charge in [-0.3, -0.25) is 4.90 Å². The highest BCUT2D eigenvalue weighted by Crippen LogP contribution is 2.42. The Morgan fingerprint density at radius 3 is 2.78 bits per heavy atom. The molecule has 0 amide bonds. The molecule has 6 rings (SSSR count). The number of aromatic amines is 1. The van der Waals surface area contributed by atoms with Gasteiger partial charge >= 0.3 is 0 Å². The molecular formula is C25H28ClN3O3. The van der Waals surface area contributed by atoms with Crippen molar-refractivity contribution in [2.45, 2.75) is 38.1 Å². The number of nitrogens with one attached hydrogen (secondary N) is 2. The minimum Gasteiger partial charge on any atom is -0.381 e. The second-order valence-electron chi connectivity index (χ2n) is 9.14. The molecule has 1 aromatic heterocycles. The molecule has 7 heteroatoms. The summed E-state index contributed by atoms with van der Waals surface area (Å²) < 4.78 is 5.60. The topological polar surface area (TPSA) is 58.8 Å². The van der Waals surface area contributed by atoms with E-state index in [0.29, 0.717) is 12.0 Å². The van der Waals surface area contributed by atoms with E-state index in [1.54, 1.807) is 0 Å². The maximum absolute atomic E-state index is 6.29. The Kier molecular flexibility index (Phi) is 5.47. The zero-order chi connectivity index (χ0) is 21.5. The predicted octanol–water partition coefficient (Wildman–Crippen LogP) is 4.97.